The van der Waals surface area contributed by atoms with E-state index in [2.05, 4.69) is 10.2 Å². The average molecular weight is 340 g/mol. The first-order valence-corrected chi connectivity index (χ1v) is 9.54. The molecule has 2 fully saturated rings. The second-order valence-corrected chi connectivity index (χ2v) is 7.13. The highest BCUT2D eigenvalue weighted by Gasteiger charge is 2.35. The van der Waals surface area contributed by atoms with Crippen LogP contribution >= 0.6 is 0 Å². The molecule has 1 heterocycles. The molecule has 0 aromatic heterocycles. The predicted molar refractivity (Wildman–Crippen MR) is 99.8 cm³/mol. The molecular formula is C21H28N2O2. The smallest absolute Gasteiger partial charge is 0.244 e. The van der Waals surface area contributed by atoms with Crippen molar-refractivity contribution >= 4 is 17.9 Å². The first-order chi connectivity index (χ1) is 12.2. The number of nitrogens with one attached hydrogen (secondary N) is 1. The first kappa shape index (κ1) is 17.7. The predicted octanol–water partition coefficient (Wildman–Crippen LogP) is 3.39. The highest BCUT2D eigenvalue weighted by atomic mass is 16.2. The second kappa shape index (κ2) is 8.84. The SMILES string of the molecule is O=C(/C=C/c1ccccc1)NCCC(=O)N1CCCC2CCCCC21. The maximum absolute atomic E-state index is 12.6. The number of rotatable bonds is 5. The zero-order valence-electron chi connectivity index (χ0n) is 14.8. The normalized spacial score (nSPS) is 23.3. The Morgan fingerprint density at radius 3 is 2.68 bits per heavy atom. The van der Waals surface area contributed by atoms with Crippen LogP contribution in [0.1, 0.15) is 50.5 Å². The van der Waals surface area contributed by atoms with Crippen molar-refractivity contribution in [3.8, 4) is 0 Å². The van der Waals surface area contributed by atoms with Crippen molar-refractivity contribution < 1.29 is 9.59 Å². The fourth-order valence-electron chi connectivity index (χ4n) is 4.17. The average Bonchev–Trinajstić information content (AvgIpc) is 2.66. The molecule has 25 heavy (non-hydrogen) atoms. The standard InChI is InChI=1S/C21H28N2O2/c24-20(13-12-17-7-2-1-3-8-17)22-15-14-21(25)23-16-6-10-18-9-4-5-11-19(18)23/h1-3,7-8,12-13,18-19H,4-6,9-11,14-16H2,(H,22,24)/b13-12+. The minimum atomic E-state index is -0.147. The van der Waals surface area contributed by atoms with Gasteiger partial charge in [-0.15, -0.1) is 0 Å². The van der Waals surface area contributed by atoms with Crippen molar-refractivity contribution in [1.29, 1.82) is 0 Å². The summed E-state index contributed by atoms with van der Waals surface area (Å²) in [5, 5.41) is 2.82. The quantitative estimate of drug-likeness (QED) is 0.835. The third kappa shape index (κ3) is 4.94. The number of benzene rings is 1. The van der Waals surface area contributed by atoms with Crippen molar-refractivity contribution in [3.63, 3.8) is 0 Å². The number of hydrogen-bond donors (Lipinski definition) is 1. The summed E-state index contributed by atoms with van der Waals surface area (Å²) < 4.78 is 0. The number of nitrogens with zero attached hydrogens (tertiary/aromatic N) is 1. The molecule has 0 radical (unpaired) electrons. The van der Waals surface area contributed by atoms with Gasteiger partial charge in [-0.1, -0.05) is 43.2 Å². The fourth-order valence-corrected chi connectivity index (χ4v) is 4.17. The largest absolute Gasteiger partial charge is 0.352 e. The van der Waals surface area contributed by atoms with Crippen LogP contribution in [0.25, 0.3) is 6.08 Å². The van der Waals surface area contributed by atoms with Gasteiger partial charge >= 0.3 is 0 Å². The molecule has 4 heteroatoms. The van der Waals surface area contributed by atoms with Gasteiger partial charge in [-0.3, -0.25) is 9.59 Å². The van der Waals surface area contributed by atoms with Gasteiger partial charge in [0, 0.05) is 31.6 Å². The fraction of sp³-hybridized carbons (Fsp3) is 0.524. The molecule has 0 bridgehead atoms. The zero-order chi connectivity index (χ0) is 17.5. The Labute approximate surface area is 150 Å². The lowest BCUT2D eigenvalue weighted by atomic mass is 9.78. The molecule has 1 aliphatic heterocycles. The Morgan fingerprint density at radius 1 is 1.08 bits per heavy atom. The zero-order valence-corrected chi connectivity index (χ0v) is 14.8. The number of piperidine rings is 1. The maximum Gasteiger partial charge on any atom is 0.244 e. The first-order valence-electron chi connectivity index (χ1n) is 9.54. The van der Waals surface area contributed by atoms with Crippen LogP contribution in [0, 0.1) is 5.92 Å². The van der Waals surface area contributed by atoms with E-state index in [9.17, 15) is 9.59 Å². The number of carbonyl (C=O) groups is 2. The van der Waals surface area contributed by atoms with Gasteiger partial charge in [-0.05, 0) is 43.2 Å². The molecule has 1 saturated heterocycles. The van der Waals surface area contributed by atoms with Crippen molar-refractivity contribution in [2.45, 2.75) is 51.0 Å². The number of amides is 2. The van der Waals surface area contributed by atoms with E-state index < -0.39 is 0 Å². The van der Waals surface area contributed by atoms with E-state index in [-0.39, 0.29) is 11.8 Å². The molecular weight excluding hydrogens is 312 g/mol. The second-order valence-electron chi connectivity index (χ2n) is 7.13. The van der Waals surface area contributed by atoms with E-state index in [1.54, 1.807) is 6.08 Å². The molecule has 0 spiro atoms. The van der Waals surface area contributed by atoms with Gasteiger partial charge in [0.1, 0.15) is 0 Å². The van der Waals surface area contributed by atoms with Gasteiger partial charge in [0.25, 0.3) is 0 Å². The Hall–Kier alpha value is -2.10. The van der Waals surface area contributed by atoms with Gasteiger partial charge in [0.05, 0.1) is 0 Å². The Balaban J connectivity index is 1.42. The summed E-state index contributed by atoms with van der Waals surface area (Å²) in [4.78, 5) is 26.5. The summed E-state index contributed by atoms with van der Waals surface area (Å²) in [5.74, 6) is 0.754. The molecule has 2 unspecified atom stereocenters. The highest BCUT2D eigenvalue weighted by Crippen LogP contribution is 2.35. The molecule has 2 aliphatic rings. The summed E-state index contributed by atoms with van der Waals surface area (Å²) in [7, 11) is 0. The minimum Gasteiger partial charge on any atom is -0.352 e. The van der Waals surface area contributed by atoms with Crippen LogP contribution < -0.4 is 5.32 Å². The summed E-state index contributed by atoms with van der Waals surface area (Å²) in [6.45, 7) is 1.30. The van der Waals surface area contributed by atoms with Gasteiger partial charge in [-0.2, -0.15) is 0 Å². The highest BCUT2D eigenvalue weighted by molar-refractivity contribution is 5.92. The van der Waals surface area contributed by atoms with Crippen molar-refractivity contribution in [2.75, 3.05) is 13.1 Å². The molecule has 1 saturated carbocycles. The molecule has 1 aliphatic carbocycles. The number of carbonyl (C=O) groups excluding carboxylic acids is 2. The van der Waals surface area contributed by atoms with Crippen molar-refractivity contribution in [3.05, 3.63) is 42.0 Å². The molecule has 1 aromatic carbocycles. The van der Waals surface area contributed by atoms with Crippen LogP contribution in [0.5, 0.6) is 0 Å². The molecule has 3 rings (SSSR count). The van der Waals surface area contributed by atoms with Crippen LogP contribution in [0.2, 0.25) is 0 Å². The lowest BCUT2D eigenvalue weighted by molar-refractivity contribution is -0.137. The maximum atomic E-state index is 12.6. The lowest BCUT2D eigenvalue weighted by Crippen LogP contribution is -2.50. The molecule has 4 nitrogen and oxygen atoms in total. The van der Waals surface area contributed by atoms with Gasteiger partial charge in [0.2, 0.25) is 11.8 Å². The monoisotopic (exact) mass is 340 g/mol. The summed E-state index contributed by atoms with van der Waals surface area (Å²) in [6.07, 6.45) is 11.1. The van der Waals surface area contributed by atoms with Gasteiger partial charge in [-0.25, -0.2) is 0 Å². The van der Waals surface area contributed by atoms with Gasteiger partial charge in [0.15, 0.2) is 0 Å². The van der Waals surface area contributed by atoms with E-state index in [0.29, 0.717) is 24.9 Å². The molecule has 134 valence electrons. The Kier molecular flexibility index (Phi) is 6.26. The van der Waals surface area contributed by atoms with Crippen molar-refractivity contribution in [2.24, 2.45) is 5.92 Å². The topological polar surface area (TPSA) is 49.4 Å². The van der Waals surface area contributed by atoms with Crippen LogP contribution in [-0.2, 0) is 9.59 Å². The molecule has 1 aromatic rings. The third-order valence-electron chi connectivity index (χ3n) is 5.43. The minimum absolute atomic E-state index is 0.147. The van der Waals surface area contributed by atoms with Crippen LogP contribution in [0.15, 0.2) is 36.4 Å². The Bertz CT molecular complexity index is 610. The molecule has 2 amide bonds. The summed E-state index contributed by atoms with van der Waals surface area (Å²) in [5.41, 5.74) is 0.991. The number of fused-ring (bicyclic) bond motifs is 1. The third-order valence-corrected chi connectivity index (χ3v) is 5.43. The van der Waals surface area contributed by atoms with E-state index in [1.165, 1.54) is 31.8 Å². The van der Waals surface area contributed by atoms with E-state index in [1.807, 2.05) is 30.3 Å². The van der Waals surface area contributed by atoms with Crippen LogP contribution in [-0.4, -0.2) is 35.8 Å². The number of hydrogen-bond acceptors (Lipinski definition) is 2. The van der Waals surface area contributed by atoms with Crippen molar-refractivity contribution in [1.82, 2.24) is 10.2 Å². The summed E-state index contributed by atoms with van der Waals surface area (Å²) >= 11 is 0. The van der Waals surface area contributed by atoms with Crippen LogP contribution in [0.4, 0.5) is 0 Å². The summed E-state index contributed by atoms with van der Waals surface area (Å²) in [6, 6.07) is 10.2. The van der Waals surface area contributed by atoms with Gasteiger partial charge < -0.3 is 10.2 Å². The van der Waals surface area contributed by atoms with E-state index in [0.717, 1.165) is 24.9 Å². The molecule has 2 atom stereocenters. The Morgan fingerprint density at radius 2 is 1.84 bits per heavy atom. The van der Waals surface area contributed by atoms with Crippen LogP contribution in [0.3, 0.4) is 0 Å². The van der Waals surface area contributed by atoms with E-state index >= 15 is 0 Å². The molecule has 1 N–H and O–H groups in total. The number of likely N-dealkylation sites (tertiary alicyclic amines) is 1. The lowest BCUT2D eigenvalue weighted by Gasteiger charge is -2.44. The van der Waals surface area contributed by atoms with E-state index in [4.69, 9.17) is 0 Å².